The Morgan fingerprint density at radius 2 is 2.07 bits per heavy atom. The average Bonchev–Trinajstić information content (AvgIpc) is 3.32. The predicted octanol–water partition coefficient (Wildman–Crippen LogP) is 1.45. The predicted molar refractivity (Wildman–Crippen MR) is 109 cm³/mol. The molecular formula is C22H29N3O4. The monoisotopic (exact) mass is 399 g/mol. The minimum absolute atomic E-state index is 0.0495. The minimum atomic E-state index is -0.565. The van der Waals surface area contributed by atoms with Crippen molar-refractivity contribution in [2.45, 2.75) is 58.2 Å². The van der Waals surface area contributed by atoms with Crippen molar-refractivity contribution in [1.29, 1.82) is 0 Å². The molecule has 29 heavy (non-hydrogen) atoms. The molecule has 0 unspecified atom stereocenters. The van der Waals surface area contributed by atoms with E-state index in [2.05, 4.69) is 11.4 Å². The molecule has 156 valence electrons. The highest BCUT2D eigenvalue weighted by atomic mass is 16.3. The highest BCUT2D eigenvalue weighted by Crippen LogP contribution is 2.48. The maximum absolute atomic E-state index is 13.3. The van der Waals surface area contributed by atoms with Crippen LogP contribution in [0.25, 0.3) is 5.57 Å². The fourth-order valence-electron chi connectivity index (χ4n) is 5.38. The van der Waals surface area contributed by atoms with E-state index in [0.29, 0.717) is 25.2 Å². The Bertz CT molecular complexity index is 919. The van der Waals surface area contributed by atoms with E-state index >= 15 is 0 Å². The van der Waals surface area contributed by atoms with Gasteiger partial charge in [-0.25, -0.2) is 0 Å². The van der Waals surface area contributed by atoms with Crippen molar-refractivity contribution < 1.29 is 14.7 Å². The molecule has 1 aromatic heterocycles. The first-order valence-electron chi connectivity index (χ1n) is 10.7. The van der Waals surface area contributed by atoms with Gasteiger partial charge in [-0.15, -0.1) is 0 Å². The fraction of sp³-hybridized carbons (Fsp3) is 0.591. The van der Waals surface area contributed by atoms with Gasteiger partial charge in [-0.2, -0.15) is 0 Å². The van der Waals surface area contributed by atoms with Crippen molar-refractivity contribution in [2.24, 2.45) is 11.8 Å². The molecule has 2 amide bonds. The summed E-state index contributed by atoms with van der Waals surface area (Å²) in [6.45, 7) is 4.25. The summed E-state index contributed by atoms with van der Waals surface area (Å²) >= 11 is 0. The summed E-state index contributed by atoms with van der Waals surface area (Å²) in [7, 11) is 0. The first kappa shape index (κ1) is 19.9. The molecule has 4 rings (SSSR count). The van der Waals surface area contributed by atoms with Gasteiger partial charge >= 0.3 is 0 Å². The second kappa shape index (κ2) is 7.78. The highest BCUT2D eigenvalue weighted by molar-refractivity contribution is 5.84. The Labute approximate surface area is 170 Å². The lowest BCUT2D eigenvalue weighted by atomic mass is 9.86. The number of nitrogens with one attached hydrogen (secondary N) is 1. The topological polar surface area (TPSA) is 91.6 Å². The minimum Gasteiger partial charge on any atom is -0.396 e. The number of hydrogen-bond donors (Lipinski definition) is 2. The third-order valence-electron chi connectivity index (χ3n) is 6.68. The molecule has 7 nitrogen and oxygen atoms in total. The maximum Gasteiger partial charge on any atom is 0.258 e. The van der Waals surface area contributed by atoms with Gasteiger partial charge in [0.15, 0.2) is 0 Å². The summed E-state index contributed by atoms with van der Waals surface area (Å²) < 4.78 is 1.74. The summed E-state index contributed by atoms with van der Waals surface area (Å²) in [4.78, 5) is 40.8. The smallest absolute Gasteiger partial charge is 0.258 e. The molecule has 0 spiro atoms. The average molecular weight is 399 g/mol. The number of nitrogens with zero attached hydrogens (tertiary/aromatic N) is 2. The number of carbonyl (C=O) groups excluding carboxylic acids is 2. The molecule has 2 N–H and O–H groups in total. The molecule has 1 aromatic rings. The van der Waals surface area contributed by atoms with E-state index in [1.807, 2.05) is 19.1 Å². The van der Waals surface area contributed by atoms with Crippen LogP contribution in [0.5, 0.6) is 0 Å². The standard InChI is InChI=1S/C22H29N3O4/c1-3-18(27)25-17-11-24-16(10-9-14(22(24)29)13-7-5-6-8-13)20(25)19(15(17)12-26)21(28)23-4-2/h7,9-10,15,17,19-20,26H,3-6,8,11-12H2,1-2H3,(H,23,28)/t15-,17-,19+,20+/m1/s1. The zero-order valence-electron chi connectivity index (χ0n) is 17.1. The number of aromatic nitrogens is 1. The molecule has 2 bridgehead atoms. The summed E-state index contributed by atoms with van der Waals surface area (Å²) in [6.07, 6.45) is 5.41. The van der Waals surface area contributed by atoms with E-state index < -0.39 is 17.9 Å². The number of fused-ring (bicyclic) bond motifs is 4. The molecule has 2 aliphatic heterocycles. The van der Waals surface area contributed by atoms with Gasteiger partial charge in [0.1, 0.15) is 0 Å². The number of aliphatic hydroxyl groups is 1. The van der Waals surface area contributed by atoms with Gasteiger partial charge < -0.3 is 19.9 Å². The van der Waals surface area contributed by atoms with Crippen LogP contribution in [0.2, 0.25) is 0 Å². The van der Waals surface area contributed by atoms with Gasteiger partial charge in [0.05, 0.1) is 18.0 Å². The van der Waals surface area contributed by atoms with Crippen molar-refractivity contribution in [1.82, 2.24) is 14.8 Å². The van der Waals surface area contributed by atoms with Crippen molar-refractivity contribution in [3.63, 3.8) is 0 Å². The van der Waals surface area contributed by atoms with E-state index in [-0.39, 0.29) is 30.0 Å². The molecule has 7 heteroatoms. The Balaban J connectivity index is 1.85. The number of amides is 2. The van der Waals surface area contributed by atoms with Crippen LogP contribution < -0.4 is 10.9 Å². The molecule has 0 radical (unpaired) electrons. The zero-order valence-corrected chi connectivity index (χ0v) is 17.1. The Kier molecular flexibility index (Phi) is 5.34. The quantitative estimate of drug-likeness (QED) is 0.784. The van der Waals surface area contributed by atoms with Crippen molar-refractivity contribution in [3.05, 3.63) is 39.8 Å². The second-order valence-electron chi connectivity index (χ2n) is 8.14. The van der Waals surface area contributed by atoms with E-state index in [1.165, 1.54) is 0 Å². The van der Waals surface area contributed by atoms with Crippen molar-refractivity contribution in [3.8, 4) is 0 Å². The Hall–Kier alpha value is -2.41. The van der Waals surface area contributed by atoms with E-state index in [4.69, 9.17) is 0 Å². The molecule has 0 saturated carbocycles. The Morgan fingerprint density at radius 3 is 2.69 bits per heavy atom. The van der Waals surface area contributed by atoms with Crippen LogP contribution >= 0.6 is 0 Å². The first-order valence-corrected chi connectivity index (χ1v) is 10.7. The lowest BCUT2D eigenvalue weighted by Crippen LogP contribution is -2.49. The number of aliphatic hydroxyl groups excluding tert-OH is 1. The van der Waals surface area contributed by atoms with Gasteiger partial charge in [0.2, 0.25) is 11.8 Å². The molecule has 1 aliphatic carbocycles. The van der Waals surface area contributed by atoms with Crippen molar-refractivity contribution >= 4 is 17.4 Å². The normalized spacial score (nSPS) is 27.6. The molecule has 1 fully saturated rings. The van der Waals surface area contributed by atoms with Crippen LogP contribution in [-0.4, -0.2) is 45.6 Å². The van der Waals surface area contributed by atoms with Gasteiger partial charge in [-0.1, -0.05) is 13.0 Å². The number of rotatable bonds is 5. The molecule has 4 atom stereocenters. The Morgan fingerprint density at radius 1 is 1.28 bits per heavy atom. The molecule has 1 saturated heterocycles. The SMILES string of the molecule is CCNC(=O)[C@H]1[C@H](CO)[C@H]2Cn3c(ccc(C4=CCCC4)c3=O)[C@@H]1N2C(=O)CC. The van der Waals surface area contributed by atoms with Crippen LogP contribution in [0.1, 0.15) is 56.8 Å². The van der Waals surface area contributed by atoms with Crippen LogP contribution in [-0.2, 0) is 16.1 Å². The zero-order chi connectivity index (χ0) is 20.7. The second-order valence-corrected chi connectivity index (χ2v) is 8.14. The highest BCUT2D eigenvalue weighted by Gasteiger charge is 2.57. The molecule has 0 aromatic carbocycles. The third kappa shape index (κ3) is 3.03. The van der Waals surface area contributed by atoms with E-state index in [0.717, 1.165) is 30.4 Å². The number of hydrogen-bond acceptors (Lipinski definition) is 4. The molecule has 3 aliphatic rings. The summed E-state index contributed by atoms with van der Waals surface area (Å²) in [5, 5.41) is 13.0. The number of carbonyl (C=O) groups is 2. The van der Waals surface area contributed by atoms with E-state index in [1.54, 1.807) is 16.4 Å². The van der Waals surface area contributed by atoms with Gasteiger partial charge in [0.25, 0.3) is 5.56 Å². The lowest BCUT2D eigenvalue weighted by molar-refractivity contribution is -0.136. The van der Waals surface area contributed by atoms with Crippen LogP contribution in [0.15, 0.2) is 23.0 Å². The van der Waals surface area contributed by atoms with Gasteiger partial charge in [-0.3, -0.25) is 14.4 Å². The van der Waals surface area contributed by atoms with Crippen molar-refractivity contribution in [2.75, 3.05) is 13.2 Å². The summed E-state index contributed by atoms with van der Waals surface area (Å²) in [5.74, 6) is -1.18. The van der Waals surface area contributed by atoms with Crippen LogP contribution in [0.3, 0.4) is 0 Å². The van der Waals surface area contributed by atoms with Gasteiger partial charge in [-0.05, 0) is 43.9 Å². The number of allylic oxidation sites excluding steroid dienone is 2. The third-order valence-corrected chi connectivity index (χ3v) is 6.68. The van der Waals surface area contributed by atoms with Gasteiger partial charge in [0, 0.05) is 43.3 Å². The first-order chi connectivity index (χ1) is 14.0. The van der Waals surface area contributed by atoms with E-state index in [9.17, 15) is 19.5 Å². The largest absolute Gasteiger partial charge is 0.396 e. The van der Waals surface area contributed by atoms with Crippen LogP contribution in [0.4, 0.5) is 0 Å². The maximum atomic E-state index is 13.3. The number of pyridine rings is 1. The molecule has 3 heterocycles. The van der Waals surface area contributed by atoms with Crippen LogP contribution in [0, 0.1) is 11.8 Å². The fourth-order valence-corrected chi connectivity index (χ4v) is 5.38. The summed E-state index contributed by atoms with van der Waals surface area (Å²) in [6, 6.07) is 2.87. The lowest BCUT2D eigenvalue weighted by Gasteiger charge is -2.38. The summed E-state index contributed by atoms with van der Waals surface area (Å²) in [5.41, 5.74) is 2.45. The molecular weight excluding hydrogens is 370 g/mol.